The Balaban J connectivity index is 2.01. The summed E-state index contributed by atoms with van der Waals surface area (Å²) in [6, 6.07) is 19.3. The molecule has 1 unspecified atom stereocenters. The lowest BCUT2D eigenvalue weighted by Crippen LogP contribution is -2.09. The van der Waals surface area contributed by atoms with E-state index in [4.69, 9.17) is 4.74 Å². The highest BCUT2D eigenvalue weighted by Crippen LogP contribution is 2.35. The molecular formula is C18H15IO2. The standard InChI is InChI=1S/C18H15IO2/c19-12-15-11-16(17(20)13-7-3-1-4-8-13)18(21-15)14-9-5-2-6-10-14/h1-10,15H,11-12H2. The van der Waals surface area contributed by atoms with Crippen molar-refractivity contribution in [3.8, 4) is 0 Å². The Kier molecular flexibility index (Phi) is 4.39. The molecular weight excluding hydrogens is 375 g/mol. The Morgan fingerprint density at radius 1 is 1.05 bits per heavy atom. The van der Waals surface area contributed by atoms with Crippen LogP contribution in [0.15, 0.2) is 66.2 Å². The molecule has 21 heavy (non-hydrogen) atoms. The van der Waals surface area contributed by atoms with Crippen LogP contribution in [0, 0.1) is 0 Å². The second-order valence-electron chi connectivity index (χ2n) is 4.97. The van der Waals surface area contributed by atoms with Crippen molar-refractivity contribution in [1.82, 2.24) is 0 Å². The van der Waals surface area contributed by atoms with E-state index < -0.39 is 0 Å². The van der Waals surface area contributed by atoms with Crippen molar-refractivity contribution in [1.29, 1.82) is 0 Å². The summed E-state index contributed by atoms with van der Waals surface area (Å²) in [5, 5.41) is 0. The molecule has 0 saturated heterocycles. The largest absolute Gasteiger partial charge is 0.488 e. The van der Waals surface area contributed by atoms with E-state index in [1.54, 1.807) is 0 Å². The maximum absolute atomic E-state index is 12.8. The van der Waals surface area contributed by atoms with Gasteiger partial charge in [0, 0.05) is 27.5 Å². The van der Waals surface area contributed by atoms with Gasteiger partial charge < -0.3 is 4.74 Å². The maximum Gasteiger partial charge on any atom is 0.192 e. The number of alkyl halides is 1. The van der Waals surface area contributed by atoms with Crippen LogP contribution in [0.4, 0.5) is 0 Å². The molecule has 1 heterocycles. The van der Waals surface area contributed by atoms with Crippen LogP contribution in [-0.2, 0) is 4.74 Å². The van der Waals surface area contributed by atoms with Crippen molar-refractivity contribution < 1.29 is 9.53 Å². The number of Topliss-reactive ketones (excluding diaryl/α,β-unsaturated/α-hetero) is 1. The van der Waals surface area contributed by atoms with Gasteiger partial charge in [-0.25, -0.2) is 0 Å². The fourth-order valence-corrected chi connectivity index (χ4v) is 2.97. The molecule has 106 valence electrons. The summed E-state index contributed by atoms with van der Waals surface area (Å²) < 4.78 is 6.88. The Labute approximate surface area is 138 Å². The van der Waals surface area contributed by atoms with Crippen LogP contribution >= 0.6 is 22.6 Å². The second kappa shape index (κ2) is 6.43. The van der Waals surface area contributed by atoms with Gasteiger partial charge >= 0.3 is 0 Å². The molecule has 0 bridgehead atoms. The predicted octanol–water partition coefficient (Wildman–Crippen LogP) is 4.50. The van der Waals surface area contributed by atoms with Crippen molar-refractivity contribution in [2.45, 2.75) is 12.5 Å². The van der Waals surface area contributed by atoms with Gasteiger partial charge in [-0.05, 0) is 0 Å². The molecule has 0 aromatic heterocycles. The van der Waals surface area contributed by atoms with Crippen LogP contribution in [0.5, 0.6) is 0 Å². The van der Waals surface area contributed by atoms with E-state index in [0.717, 1.165) is 26.9 Å². The third kappa shape index (κ3) is 3.02. The summed E-state index contributed by atoms with van der Waals surface area (Å²) in [7, 11) is 0. The fraction of sp³-hybridized carbons (Fsp3) is 0.167. The second-order valence-corrected chi connectivity index (χ2v) is 5.85. The monoisotopic (exact) mass is 390 g/mol. The molecule has 1 aliphatic heterocycles. The number of carbonyl (C=O) groups excluding carboxylic acids is 1. The highest BCUT2D eigenvalue weighted by atomic mass is 127. The van der Waals surface area contributed by atoms with E-state index in [1.807, 2.05) is 60.7 Å². The number of halogens is 1. The Hall–Kier alpha value is -1.62. The molecule has 0 saturated carbocycles. The minimum absolute atomic E-state index is 0.0711. The van der Waals surface area contributed by atoms with Gasteiger partial charge in [-0.3, -0.25) is 4.79 Å². The molecule has 3 rings (SSSR count). The van der Waals surface area contributed by atoms with Crippen LogP contribution < -0.4 is 0 Å². The molecule has 0 fully saturated rings. The van der Waals surface area contributed by atoms with E-state index in [2.05, 4.69) is 22.6 Å². The normalized spacial score (nSPS) is 17.7. The van der Waals surface area contributed by atoms with Crippen LogP contribution in [0.2, 0.25) is 0 Å². The third-order valence-corrected chi connectivity index (χ3v) is 4.49. The molecule has 0 amide bonds. The topological polar surface area (TPSA) is 26.3 Å². The number of hydrogen-bond donors (Lipinski definition) is 0. The van der Waals surface area contributed by atoms with E-state index in [1.165, 1.54) is 0 Å². The van der Waals surface area contributed by atoms with Crippen molar-refractivity contribution >= 4 is 34.1 Å². The summed E-state index contributed by atoms with van der Waals surface area (Å²) in [4.78, 5) is 12.8. The number of benzene rings is 2. The lowest BCUT2D eigenvalue weighted by atomic mass is 9.97. The fourth-order valence-electron chi connectivity index (χ4n) is 2.48. The van der Waals surface area contributed by atoms with Gasteiger partial charge in [0.2, 0.25) is 0 Å². The molecule has 3 heteroatoms. The molecule has 2 aromatic carbocycles. The molecule has 2 aromatic rings. The first-order chi connectivity index (χ1) is 10.3. The number of ether oxygens (including phenoxy) is 1. The lowest BCUT2D eigenvalue weighted by molar-refractivity contribution is 0.103. The first-order valence-corrected chi connectivity index (χ1v) is 8.43. The number of ketones is 1. The summed E-state index contributed by atoms with van der Waals surface area (Å²) >= 11 is 2.30. The van der Waals surface area contributed by atoms with Crippen molar-refractivity contribution in [2.24, 2.45) is 0 Å². The molecule has 2 nitrogen and oxygen atoms in total. The van der Waals surface area contributed by atoms with E-state index in [-0.39, 0.29) is 11.9 Å². The molecule has 1 atom stereocenters. The minimum Gasteiger partial charge on any atom is -0.488 e. The van der Waals surface area contributed by atoms with Crippen LogP contribution in [0.1, 0.15) is 22.3 Å². The minimum atomic E-state index is 0.0711. The Morgan fingerprint density at radius 2 is 1.67 bits per heavy atom. The van der Waals surface area contributed by atoms with Gasteiger partial charge in [0.05, 0.1) is 0 Å². The third-order valence-electron chi connectivity index (χ3n) is 3.51. The highest BCUT2D eigenvalue weighted by Gasteiger charge is 2.30. The summed E-state index contributed by atoms with van der Waals surface area (Å²) in [5.74, 6) is 0.813. The molecule has 0 N–H and O–H groups in total. The van der Waals surface area contributed by atoms with Gasteiger partial charge in [-0.2, -0.15) is 0 Å². The van der Waals surface area contributed by atoms with Crippen LogP contribution in [0.25, 0.3) is 5.76 Å². The zero-order chi connectivity index (χ0) is 14.7. The summed E-state index contributed by atoms with van der Waals surface area (Å²) in [6.07, 6.45) is 0.768. The first kappa shape index (κ1) is 14.3. The van der Waals surface area contributed by atoms with Gasteiger partial charge in [0.15, 0.2) is 5.78 Å². The van der Waals surface area contributed by atoms with Crippen LogP contribution in [-0.4, -0.2) is 16.3 Å². The highest BCUT2D eigenvalue weighted by molar-refractivity contribution is 14.1. The van der Waals surface area contributed by atoms with E-state index >= 15 is 0 Å². The first-order valence-electron chi connectivity index (χ1n) is 6.90. The number of hydrogen-bond acceptors (Lipinski definition) is 2. The smallest absolute Gasteiger partial charge is 0.192 e. The van der Waals surface area contributed by atoms with Gasteiger partial charge in [-0.1, -0.05) is 83.3 Å². The quantitative estimate of drug-likeness (QED) is 0.437. The van der Waals surface area contributed by atoms with Gasteiger partial charge in [-0.15, -0.1) is 0 Å². The van der Waals surface area contributed by atoms with Crippen molar-refractivity contribution in [3.63, 3.8) is 0 Å². The summed E-state index contributed by atoms with van der Waals surface area (Å²) in [5.41, 5.74) is 2.48. The molecule has 0 aliphatic carbocycles. The van der Waals surface area contributed by atoms with Gasteiger partial charge in [0.1, 0.15) is 11.9 Å². The van der Waals surface area contributed by atoms with Gasteiger partial charge in [0.25, 0.3) is 0 Å². The van der Waals surface area contributed by atoms with Crippen molar-refractivity contribution in [3.05, 3.63) is 77.4 Å². The van der Waals surface area contributed by atoms with Crippen molar-refractivity contribution in [2.75, 3.05) is 4.43 Å². The summed E-state index contributed by atoms with van der Waals surface area (Å²) in [6.45, 7) is 0. The predicted molar refractivity (Wildman–Crippen MR) is 92.5 cm³/mol. The lowest BCUT2D eigenvalue weighted by Gasteiger charge is -2.09. The molecule has 0 spiro atoms. The van der Waals surface area contributed by atoms with E-state index in [9.17, 15) is 4.79 Å². The van der Waals surface area contributed by atoms with Crippen LogP contribution in [0.3, 0.4) is 0 Å². The number of carbonyl (C=O) groups is 1. The zero-order valence-corrected chi connectivity index (χ0v) is 13.6. The maximum atomic E-state index is 12.8. The number of rotatable bonds is 4. The Morgan fingerprint density at radius 3 is 2.29 bits per heavy atom. The average molecular weight is 390 g/mol. The zero-order valence-electron chi connectivity index (χ0n) is 11.5. The molecule has 1 aliphatic rings. The SMILES string of the molecule is O=C(C1=C(c2ccccc2)OC(CI)C1)c1ccccc1. The van der Waals surface area contributed by atoms with E-state index in [0.29, 0.717) is 6.42 Å². The molecule has 0 radical (unpaired) electrons. The Bertz CT molecular complexity index is 662. The average Bonchev–Trinajstić information content (AvgIpc) is 3.00.